The number of aryl methyl sites for hydroxylation is 1. The molecule has 19 heavy (non-hydrogen) atoms. The molecule has 0 bridgehead atoms. The van der Waals surface area contributed by atoms with Crippen molar-refractivity contribution < 1.29 is 9.53 Å². The molecule has 1 aromatic heterocycles. The minimum Gasteiger partial charge on any atom is -0.468 e. The third-order valence-corrected chi connectivity index (χ3v) is 4.63. The first-order chi connectivity index (χ1) is 8.94. The highest BCUT2D eigenvalue weighted by Crippen LogP contribution is 2.66. The largest absolute Gasteiger partial charge is 0.468 e. The van der Waals surface area contributed by atoms with Crippen LogP contribution in [0.1, 0.15) is 25.8 Å². The molecular weight excluding hydrogens is 238 g/mol. The topological polar surface area (TPSA) is 31.2 Å². The van der Waals surface area contributed by atoms with E-state index < -0.39 is 5.41 Å². The van der Waals surface area contributed by atoms with Crippen molar-refractivity contribution >= 4 is 16.9 Å². The number of hydrogen-bond acceptors (Lipinski definition) is 2. The van der Waals surface area contributed by atoms with Gasteiger partial charge in [0.2, 0.25) is 0 Å². The van der Waals surface area contributed by atoms with Gasteiger partial charge in [0.15, 0.2) is 0 Å². The van der Waals surface area contributed by atoms with E-state index in [2.05, 4.69) is 36.7 Å². The van der Waals surface area contributed by atoms with Crippen LogP contribution in [0.2, 0.25) is 0 Å². The van der Waals surface area contributed by atoms with Gasteiger partial charge in [0.25, 0.3) is 0 Å². The maximum absolute atomic E-state index is 12.3. The monoisotopic (exact) mass is 257 g/mol. The van der Waals surface area contributed by atoms with Crippen LogP contribution in [0.5, 0.6) is 0 Å². The van der Waals surface area contributed by atoms with E-state index in [9.17, 15) is 4.79 Å². The Morgan fingerprint density at radius 2 is 1.95 bits per heavy atom. The lowest BCUT2D eigenvalue weighted by Gasteiger charge is -2.17. The summed E-state index contributed by atoms with van der Waals surface area (Å²) in [5, 5.41) is 1.15. The van der Waals surface area contributed by atoms with Crippen molar-refractivity contribution in [2.75, 3.05) is 7.11 Å². The fraction of sp³-hybridized carbons (Fsp3) is 0.438. The Kier molecular flexibility index (Phi) is 2.34. The second kappa shape index (κ2) is 3.62. The zero-order valence-corrected chi connectivity index (χ0v) is 11.9. The van der Waals surface area contributed by atoms with Crippen LogP contribution in [0.4, 0.5) is 0 Å². The molecule has 1 fully saturated rings. The number of ether oxygens (including phenoxy) is 1. The zero-order chi connectivity index (χ0) is 13.8. The molecule has 0 saturated heterocycles. The summed E-state index contributed by atoms with van der Waals surface area (Å²) in [5.74, 6) is -0.117. The van der Waals surface area contributed by atoms with Crippen molar-refractivity contribution in [3.63, 3.8) is 0 Å². The van der Waals surface area contributed by atoms with Crippen molar-refractivity contribution in [3.8, 4) is 0 Å². The molecule has 3 nitrogen and oxygen atoms in total. The number of fused-ring (bicyclic) bond motifs is 1. The van der Waals surface area contributed by atoms with E-state index >= 15 is 0 Å². The normalized spacial score (nSPS) is 24.4. The van der Waals surface area contributed by atoms with Crippen LogP contribution in [0.3, 0.4) is 0 Å². The molecule has 0 amide bonds. The summed E-state index contributed by atoms with van der Waals surface area (Å²) in [6.45, 7) is 4.26. The second-order valence-corrected chi connectivity index (χ2v) is 6.13. The molecule has 1 heterocycles. The van der Waals surface area contributed by atoms with Gasteiger partial charge in [0.05, 0.1) is 7.11 Å². The minimum atomic E-state index is -0.484. The number of para-hydroxylation sites is 1. The Labute approximate surface area is 113 Å². The summed E-state index contributed by atoms with van der Waals surface area (Å²) >= 11 is 0. The number of nitrogens with zero attached hydrogens (tertiary/aromatic N) is 1. The van der Waals surface area contributed by atoms with Crippen LogP contribution in [0.15, 0.2) is 30.5 Å². The van der Waals surface area contributed by atoms with E-state index in [1.807, 2.05) is 19.2 Å². The van der Waals surface area contributed by atoms with Crippen molar-refractivity contribution in [1.29, 1.82) is 0 Å². The Balaban J connectivity index is 2.27. The number of esters is 1. The van der Waals surface area contributed by atoms with Crippen LogP contribution in [0, 0.1) is 5.41 Å². The Morgan fingerprint density at radius 3 is 2.53 bits per heavy atom. The highest BCUT2D eigenvalue weighted by Gasteiger charge is 2.69. The van der Waals surface area contributed by atoms with Gasteiger partial charge in [0.1, 0.15) is 5.41 Å². The van der Waals surface area contributed by atoms with Gasteiger partial charge < -0.3 is 9.30 Å². The third-order valence-electron chi connectivity index (χ3n) is 4.63. The van der Waals surface area contributed by atoms with E-state index in [0.29, 0.717) is 0 Å². The number of benzene rings is 1. The first-order valence-electron chi connectivity index (χ1n) is 6.57. The summed E-state index contributed by atoms with van der Waals surface area (Å²) in [7, 11) is 3.50. The molecular formula is C16H19NO2. The maximum Gasteiger partial charge on any atom is 0.316 e. The second-order valence-electron chi connectivity index (χ2n) is 6.13. The predicted octanol–water partition coefficient (Wildman–Crippen LogP) is 3.02. The fourth-order valence-electron chi connectivity index (χ4n) is 3.39. The molecule has 1 saturated carbocycles. The van der Waals surface area contributed by atoms with E-state index in [4.69, 9.17) is 4.74 Å². The maximum atomic E-state index is 12.3. The third kappa shape index (κ3) is 1.41. The highest BCUT2D eigenvalue weighted by atomic mass is 16.5. The number of carbonyl (C=O) groups is 1. The van der Waals surface area contributed by atoms with E-state index in [0.717, 1.165) is 22.9 Å². The van der Waals surface area contributed by atoms with Crippen LogP contribution in [-0.4, -0.2) is 17.6 Å². The molecule has 1 aliphatic carbocycles. The molecule has 2 aromatic rings. The van der Waals surface area contributed by atoms with Gasteiger partial charge in [0, 0.05) is 24.1 Å². The van der Waals surface area contributed by atoms with Crippen molar-refractivity contribution in [2.24, 2.45) is 12.5 Å². The molecule has 1 aliphatic rings. The van der Waals surface area contributed by atoms with Crippen LogP contribution in [0.25, 0.3) is 10.9 Å². The van der Waals surface area contributed by atoms with Crippen molar-refractivity contribution in [1.82, 2.24) is 4.57 Å². The average Bonchev–Trinajstić information content (AvgIpc) is 2.82. The fourth-order valence-corrected chi connectivity index (χ4v) is 3.39. The number of aromatic nitrogens is 1. The summed E-state index contributed by atoms with van der Waals surface area (Å²) in [6, 6.07) is 8.21. The van der Waals surface area contributed by atoms with Gasteiger partial charge >= 0.3 is 5.97 Å². The van der Waals surface area contributed by atoms with Gasteiger partial charge in [-0.3, -0.25) is 4.79 Å². The van der Waals surface area contributed by atoms with E-state index in [1.54, 1.807) is 0 Å². The lowest BCUT2D eigenvalue weighted by atomic mass is 9.87. The molecule has 3 heteroatoms. The Hall–Kier alpha value is -1.77. The van der Waals surface area contributed by atoms with Gasteiger partial charge in [-0.2, -0.15) is 0 Å². The van der Waals surface area contributed by atoms with Crippen LogP contribution >= 0.6 is 0 Å². The van der Waals surface area contributed by atoms with Crippen LogP contribution in [-0.2, 0) is 22.0 Å². The van der Waals surface area contributed by atoms with Crippen molar-refractivity contribution in [3.05, 3.63) is 36.0 Å². The molecule has 3 rings (SSSR count). The quantitative estimate of drug-likeness (QED) is 0.774. The first kappa shape index (κ1) is 12.3. The summed E-state index contributed by atoms with van der Waals surface area (Å²) in [4.78, 5) is 12.3. The standard InChI is InChI=1S/C16H19NO2/c1-15(2)10-16(15,14(18)19-4)12-9-17(3)13-8-6-5-7-11(12)13/h5-9H,10H2,1-4H3. The minimum absolute atomic E-state index is 0.0375. The first-order valence-corrected chi connectivity index (χ1v) is 6.57. The molecule has 1 atom stereocenters. The summed E-state index contributed by atoms with van der Waals surface area (Å²) in [5.41, 5.74) is 1.73. The number of rotatable bonds is 2. The molecule has 0 N–H and O–H groups in total. The lowest BCUT2D eigenvalue weighted by Crippen LogP contribution is -2.27. The van der Waals surface area contributed by atoms with Gasteiger partial charge in [-0.1, -0.05) is 32.0 Å². The van der Waals surface area contributed by atoms with Gasteiger partial charge in [-0.05, 0) is 23.5 Å². The van der Waals surface area contributed by atoms with E-state index in [1.165, 1.54) is 7.11 Å². The number of methoxy groups -OCH3 is 1. The lowest BCUT2D eigenvalue weighted by molar-refractivity contribution is -0.144. The van der Waals surface area contributed by atoms with Crippen LogP contribution < -0.4 is 0 Å². The van der Waals surface area contributed by atoms with Gasteiger partial charge in [-0.25, -0.2) is 0 Å². The molecule has 1 unspecified atom stereocenters. The molecule has 100 valence electrons. The Bertz CT molecular complexity index is 668. The average molecular weight is 257 g/mol. The smallest absolute Gasteiger partial charge is 0.316 e. The summed E-state index contributed by atoms with van der Waals surface area (Å²) in [6.07, 6.45) is 2.93. The molecule has 1 aromatic carbocycles. The van der Waals surface area contributed by atoms with Crippen molar-refractivity contribution in [2.45, 2.75) is 25.7 Å². The zero-order valence-electron chi connectivity index (χ0n) is 11.9. The number of hydrogen-bond donors (Lipinski definition) is 0. The molecule has 0 aliphatic heterocycles. The molecule has 0 spiro atoms. The Morgan fingerprint density at radius 1 is 1.32 bits per heavy atom. The SMILES string of the molecule is COC(=O)C1(c2cn(C)c3ccccc23)CC1(C)C. The summed E-state index contributed by atoms with van der Waals surface area (Å²) < 4.78 is 7.16. The molecule has 0 radical (unpaired) electrons. The van der Waals surface area contributed by atoms with E-state index in [-0.39, 0.29) is 11.4 Å². The van der Waals surface area contributed by atoms with Gasteiger partial charge in [-0.15, -0.1) is 0 Å². The highest BCUT2D eigenvalue weighted by molar-refractivity contribution is 5.96. The predicted molar refractivity (Wildman–Crippen MR) is 75.0 cm³/mol. The number of carbonyl (C=O) groups excluding carboxylic acids is 1.